The Morgan fingerprint density at radius 1 is 1.42 bits per heavy atom. The highest BCUT2D eigenvalue weighted by atomic mass is 14.9. The Bertz CT molecular complexity index is 332. The molecule has 1 heterocycles. The quantitative estimate of drug-likeness (QED) is 0.613. The fourth-order valence-electron chi connectivity index (χ4n) is 2.35. The molecule has 1 aromatic carbocycles. The van der Waals surface area contributed by atoms with Crippen LogP contribution in [-0.2, 0) is 0 Å². The van der Waals surface area contributed by atoms with Gasteiger partial charge in [-0.15, -0.1) is 0 Å². The molecule has 1 heteroatoms. The molecule has 0 aromatic heterocycles. The van der Waals surface area contributed by atoms with Gasteiger partial charge in [0.15, 0.2) is 0 Å². The van der Waals surface area contributed by atoms with Crippen LogP contribution < -0.4 is 5.32 Å². The molecular formula is C11H13N. The second-order valence-corrected chi connectivity index (χ2v) is 4.35. The molecule has 3 rings (SSSR count). The lowest BCUT2D eigenvalue weighted by Gasteiger charge is -2.22. The van der Waals surface area contributed by atoms with E-state index in [4.69, 9.17) is 0 Å². The van der Waals surface area contributed by atoms with Gasteiger partial charge in [0.1, 0.15) is 0 Å². The fraction of sp³-hybridized carbons (Fsp3) is 0.455. The van der Waals surface area contributed by atoms with E-state index >= 15 is 0 Å². The Kier molecular flexibility index (Phi) is 1.00. The van der Waals surface area contributed by atoms with Crippen molar-refractivity contribution in [2.24, 2.45) is 5.41 Å². The second-order valence-electron chi connectivity index (χ2n) is 4.35. The van der Waals surface area contributed by atoms with E-state index < -0.39 is 0 Å². The Balaban J connectivity index is 2.12. The van der Waals surface area contributed by atoms with Crippen LogP contribution in [0.4, 0.5) is 5.69 Å². The summed E-state index contributed by atoms with van der Waals surface area (Å²) in [5.41, 5.74) is 3.47. The number of benzene rings is 1. The predicted octanol–water partition coefficient (Wildman–Crippen LogP) is 2.61. The third-order valence-corrected chi connectivity index (χ3v) is 3.37. The normalized spacial score (nSPS) is 36.2. The summed E-state index contributed by atoms with van der Waals surface area (Å²) in [4.78, 5) is 0. The molecule has 0 radical (unpaired) electrons. The lowest BCUT2D eigenvalue weighted by atomic mass is 9.96. The van der Waals surface area contributed by atoms with E-state index in [1.807, 2.05) is 0 Å². The highest BCUT2D eigenvalue weighted by molar-refractivity contribution is 5.58. The van der Waals surface area contributed by atoms with Gasteiger partial charge in [0.05, 0.1) is 0 Å². The Labute approximate surface area is 72.8 Å². The Morgan fingerprint density at radius 2 is 2.25 bits per heavy atom. The van der Waals surface area contributed by atoms with Crippen molar-refractivity contribution in [3.63, 3.8) is 0 Å². The zero-order valence-electron chi connectivity index (χ0n) is 7.30. The SMILES string of the molecule is CC12CNc3ccccc3C1C2. The molecule has 1 N–H and O–H groups in total. The van der Waals surface area contributed by atoms with Crippen molar-refractivity contribution in [1.29, 1.82) is 0 Å². The lowest BCUT2D eigenvalue weighted by molar-refractivity contribution is 0.571. The third kappa shape index (κ3) is 0.689. The van der Waals surface area contributed by atoms with Gasteiger partial charge in [0, 0.05) is 12.2 Å². The molecule has 1 fully saturated rings. The zero-order chi connectivity index (χ0) is 8.18. The maximum atomic E-state index is 3.49. The van der Waals surface area contributed by atoms with Gasteiger partial charge in [0.25, 0.3) is 0 Å². The van der Waals surface area contributed by atoms with E-state index in [-0.39, 0.29) is 0 Å². The lowest BCUT2D eigenvalue weighted by Crippen LogP contribution is -2.19. The van der Waals surface area contributed by atoms with Gasteiger partial charge < -0.3 is 5.32 Å². The summed E-state index contributed by atoms with van der Waals surface area (Å²) in [6.45, 7) is 3.54. The average molecular weight is 159 g/mol. The van der Waals surface area contributed by atoms with Gasteiger partial charge in [0.2, 0.25) is 0 Å². The Morgan fingerprint density at radius 3 is 3.17 bits per heavy atom. The number of hydrogen-bond donors (Lipinski definition) is 1. The molecule has 12 heavy (non-hydrogen) atoms. The van der Waals surface area contributed by atoms with Crippen LogP contribution in [0.3, 0.4) is 0 Å². The first-order chi connectivity index (χ1) is 5.80. The summed E-state index contributed by atoms with van der Waals surface area (Å²) in [7, 11) is 0. The number of para-hydroxylation sites is 1. The maximum absolute atomic E-state index is 3.49. The first-order valence-electron chi connectivity index (χ1n) is 4.62. The summed E-state index contributed by atoms with van der Waals surface area (Å²) in [6.07, 6.45) is 1.37. The van der Waals surface area contributed by atoms with Crippen molar-refractivity contribution >= 4 is 5.69 Å². The second kappa shape index (κ2) is 1.85. The minimum atomic E-state index is 0.578. The molecule has 0 spiro atoms. The maximum Gasteiger partial charge on any atom is 0.0375 e. The van der Waals surface area contributed by atoms with Gasteiger partial charge in [-0.05, 0) is 29.4 Å². The van der Waals surface area contributed by atoms with Crippen molar-refractivity contribution in [3.8, 4) is 0 Å². The van der Waals surface area contributed by atoms with Gasteiger partial charge >= 0.3 is 0 Å². The standard InChI is InChI=1S/C11H13N/c1-11-6-9(11)8-4-2-3-5-10(8)12-7-11/h2-5,9,12H,6-7H2,1H3. The summed E-state index contributed by atoms with van der Waals surface area (Å²) in [5, 5.41) is 3.49. The summed E-state index contributed by atoms with van der Waals surface area (Å²) >= 11 is 0. The molecule has 0 bridgehead atoms. The molecule has 1 aliphatic carbocycles. The monoisotopic (exact) mass is 159 g/mol. The van der Waals surface area contributed by atoms with Crippen LogP contribution >= 0.6 is 0 Å². The minimum absolute atomic E-state index is 0.578. The Hall–Kier alpha value is -0.980. The topological polar surface area (TPSA) is 12.0 Å². The van der Waals surface area contributed by atoms with Gasteiger partial charge in [-0.25, -0.2) is 0 Å². The van der Waals surface area contributed by atoms with E-state index in [2.05, 4.69) is 36.5 Å². The third-order valence-electron chi connectivity index (χ3n) is 3.37. The van der Waals surface area contributed by atoms with Gasteiger partial charge in [-0.2, -0.15) is 0 Å². The average Bonchev–Trinajstić information content (AvgIpc) is 2.78. The molecule has 0 saturated heterocycles. The number of hydrogen-bond acceptors (Lipinski definition) is 1. The van der Waals surface area contributed by atoms with Crippen LogP contribution in [0.25, 0.3) is 0 Å². The first kappa shape index (κ1) is 6.53. The van der Waals surface area contributed by atoms with Crippen molar-refractivity contribution in [2.75, 3.05) is 11.9 Å². The van der Waals surface area contributed by atoms with E-state index in [0.29, 0.717) is 5.41 Å². The molecule has 0 amide bonds. The van der Waals surface area contributed by atoms with Crippen molar-refractivity contribution in [2.45, 2.75) is 19.3 Å². The molecule has 1 aliphatic heterocycles. The van der Waals surface area contributed by atoms with Crippen molar-refractivity contribution < 1.29 is 0 Å². The number of rotatable bonds is 0. The molecule has 1 aromatic rings. The van der Waals surface area contributed by atoms with Gasteiger partial charge in [-0.3, -0.25) is 0 Å². The first-order valence-corrected chi connectivity index (χ1v) is 4.62. The molecule has 1 nitrogen and oxygen atoms in total. The van der Waals surface area contributed by atoms with Crippen molar-refractivity contribution in [1.82, 2.24) is 0 Å². The highest BCUT2D eigenvalue weighted by Crippen LogP contribution is 2.62. The highest BCUT2D eigenvalue weighted by Gasteiger charge is 2.53. The van der Waals surface area contributed by atoms with E-state index in [9.17, 15) is 0 Å². The molecule has 1 saturated carbocycles. The smallest absolute Gasteiger partial charge is 0.0375 e. The molecule has 2 aliphatic rings. The molecule has 2 unspecified atom stereocenters. The largest absolute Gasteiger partial charge is 0.384 e. The fourth-order valence-corrected chi connectivity index (χ4v) is 2.35. The summed E-state index contributed by atoms with van der Waals surface area (Å²) < 4.78 is 0. The summed E-state index contributed by atoms with van der Waals surface area (Å²) in [5.74, 6) is 0.843. The number of anilines is 1. The van der Waals surface area contributed by atoms with Gasteiger partial charge in [-0.1, -0.05) is 25.1 Å². The van der Waals surface area contributed by atoms with Crippen LogP contribution in [-0.4, -0.2) is 6.54 Å². The molecule has 62 valence electrons. The molecule has 2 atom stereocenters. The van der Waals surface area contributed by atoms with Crippen LogP contribution in [0, 0.1) is 5.41 Å². The van der Waals surface area contributed by atoms with Crippen molar-refractivity contribution in [3.05, 3.63) is 29.8 Å². The molecular weight excluding hydrogens is 146 g/mol. The van der Waals surface area contributed by atoms with Crippen LogP contribution in [0.1, 0.15) is 24.8 Å². The summed E-state index contributed by atoms with van der Waals surface area (Å²) in [6, 6.07) is 8.70. The zero-order valence-corrected chi connectivity index (χ0v) is 7.30. The van der Waals surface area contributed by atoms with Crippen LogP contribution in [0.2, 0.25) is 0 Å². The number of fused-ring (bicyclic) bond motifs is 3. The van der Waals surface area contributed by atoms with E-state index in [1.165, 1.54) is 17.7 Å². The van der Waals surface area contributed by atoms with E-state index in [1.54, 1.807) is 0 Å². The minimum Gasteiger partial charge on any atom is -0.384 e. The van der Waals surface area contributed by atoms with Crippen LogP contribution in [0.15, 0.2) is 24.3 Å². The van der Waals surface area contributed by atoms with E-state index in [0.717, 1.165) is 12.5 Å². The number of nitrogens with one attached hydrogen (secondary N) is 1. The van der Waals surface area contributed by atoms with Crippen LogP contribution in [0.5, 0.6) is 0 Å². The predicted molar refractivity (Wildman–Crippen MR) is 50.4 cm³/mol.